The highest BCUT2D eigenvalue weighted by Gasteiger charge is 2.40. The highest BCUT2D eigenvalue weighted by Crippen LogP contribution is 2.34. The van der Waals surface area contributed by atoms with Crippen molar-refractivity contribution in [2.75, 3.05) is 13.1 Å². The van der Waals surface area contributed by atoms with Gasteiger partial charge in [0.1, 0.15) is 12.2 Å². The average Bonchev–Trinajstić information content (AvgIpc) is 2.43. The summed E-state index contributed by atoms with van der Waals surface area (Å²) in [4.78, 5) is 4.29. The average molecular weight is 194 g/mol. The highest BCUT2D eigenvalue weighted by atomic mass is 15.3. The van der Waals surface area contributed by atoms with Crippen molar-refractivity contribution < 1.29 is 0 Å². The van der Waals surface area contributed by atoms with E-state index < -0.39 is 0 Å². The summed E-state index contributed by atoms with van der Waals surface area (Å²) in [5.41, 5.74) is 0.404. The van der Waals surface area contributed by atoms with E-state index in [1.807, 2.05) is 11.7 Å². The molecule has 1 saturated heterocycles. The predicted octanol–water partition coefficient (Wildman–Crippen LogP) is 0.603. The molecule has 0 amide bonds. The van der Waals surface area contributed by atoms with E-state index in [1.54, 1.807) is 6.33 Å². The molecule has 0 spiro atoms. The van der Waals surface area contributed by atoms with E-state index in [2.05, 4.69) is 29.2 Å². The van der Waals surface area contributed by atoms with E-state index in [9.17, 15) is 0 Å². The second-order valence-corrected chi connectivity index (χ2v) is 4.60. The molecule has 0 unspecified atom stereocenters. The van der Waals surface area contributed by atoms with Gasteiger partial charge in [-0.1, -0.05) is 13.8 Å². The molecule has 0 aromatic carbocycles. The van der Waals surface area contributed by atoms with Crippen LogP contribution < -0.4 is 5.32 Å². The summed E-state index contributed by atoms with van der Waals surface area (Å²) in [6, 6.07) is 0. The van der Waals surface area contributed by atoms with Crippen LogP contribution in [0, 0.1) is 11.3 Å². The molecule has 0 radical (unpaired) electrons. The van der Waals surface area contributed by atoms with Gasteiger partial charge in [0.2, 0.25) is 0 Å². The molecule has 1 aromatic rings. The van der Waals surface area contributed by atoms with E-state index in [0.717, 1.165) is 25.3 Å². The van der Waals surface area contributed by atoms with Crippen LogP contribution in [0.3, 0.4) is 0 Å². The number of rotatable bonds is 3. The second-order valence-electron chi connectivity index (χ2n) is 4.60. The molecule has 4 nitrogen and oxygen atoms in total. The van der Waals surface area contributed by atoms with Crippen LogP contribution in [0.2, 0.25) is 0 Å². The lowest BCUT2D eigenvalue weighted by Crippen LogP contribution is -2.57. The lowest BCUT2D eigenvalue weighted by atomic mass is 9.69. The van der Waals surface area contributed by atoms with Crippen molar-refractivity contribution in [3.63, 3.8) is 0 Å². The molecule has 0 atom stereocenters. The first-order chi connectivity index (χ1) is 6.64. The number of nitrogens with one attached hydrogen (secondary N) is 1. The Labute approximate surface area is 84.7 Å². The van der Waals surface area contributed by atoms with E-state index in [-0.39, 0.29) is 0 Å². The molecule has 1 aliphatic rings. The van der Waals surface area contributed by atoms with Crippen LogP contribution in [0.15, 0.2) is 6.33 Å². The van der Waals surface area contributed by atoms with Crippen molar-refractivity contribution in [3.05, 3.63) is 12.2 Å². The minimum atomic E-state index is 0.404. The summed E-state index contributed by atoms with van der Waals surface area (Å²) in [6.07, 6.45) is 2.67. The zero-order chi connectivity index (χ0) is 10.2. The van der Waals surface area contributed by atoms with Gasteiger partial charge < -0.3 is 5.32 Å². The second kappa shape index (κ2) is 3.35. The van der Waals surface area contributed by atoms with E-state index in [4.69, 9.17) is 0 Å². The van der Waals surface area contributed by atoms with Gasteiger partial charge in [-0.05, 0) is 5.92 Å². The molecule has 1 aliphatic heterocycles. The third kappa shape index (κ3) is 1.43. The fourth-order valence-corrected chi connectivity index (χ4v) is 1.98. The van der Waals surface area contributed by atoms with Crippen LogP contribution in [0.25, 0.3) is 0 Å². The zero-order valence-corrected chi connectivity index (χ0v) is 9.12. The van der Waals surface area contributed by atoms with Crippen LogP contribution in [0.1, 0.15) is 19.7 Å². The van der Waals surface area contributed by atoms with Crippen molar-refractivity contribution >= 4 is 0 Å². The normalized spacial score (nSPS) is 19.7. The van der Waals surface area contributed by atoms with Crippen LogP contribution in [-0.2, 0) is 13.5 Å². The smallest absolute Gasteiger partial charge is 0.138 e. The van der Waals surface area contributed by atoms with Crippen molar-refractivity contribution in [1.29, 1.82) is 0 Å². The molecule has 14 heavy (non-hydrogen) atoms. The molecule has 78 valence electrons. The Hall–Kier alpha value is -0.900. The topological polar surface area (TPSA) is 42.7 Å². The summed E-state index contributed by atoms with van der Waals surface area (Å²) in [7, 11) is 1.96. The van der Waals surface area contributed by atoms with Crippen molar-refractivity contribution in [1.82, 2.24) is 20.1 Å². The Morgan fingerprint density at radius 1 is 1.57 bits per heavy atom. The number of aromatic nitrogens is 3. The minimum absolute atomic E-state index is 0.404. The molecule has 1 aromatic heterocycles. The lowest BCUT2D eigenvalue weighted by molar-refractivity contribution is 0.0954. The van der Waals surface area contributed by atoms with Gasteiger partial charge in [0.25, 0.3) is 0 Å². The number of hydrogen-bond donors (Lipinski definition) is 1. The summed E-state index contributed by atoms with van der Waals surface area (Å²) >= 11 is 0. The van der Waals surface area contributed by atoms with Gasteiger partial charge >= 0.3 is 0 Å². The summed E-state index contributed by atoms with van der Waals surface area (Å²) in [5.74, 6) is 1.79. The standard InChI is InChI=1S/C10H18N4/c1-8(2)10(5-11-6-10)4-9-12-7-13-14(9)3/h7-8,11H,4-6H2,1-3H3. The quantitative estimate of drug-likeness (QED) is 0.766. The van der Waals surface area contributed by atoms with E-state index in [0.29, 0.717) is 11.3 Å². The SMILES string of the molecule is CC(C)C1(Cc2ncnn2C)CNC1. The van der Waals surface area contributed by atoms with E-state index in [1.165, 1.54) is 0 Å². The molecule has 0 aliphatic carbocycles. The molecular weight excluding hydrogens is 176 g/mol. The van der Waals surface area contributed by atoms with Gasteiger partial charge in [-0.3, -0.25) is 4.68 Å². The van der Waals surface area contributed by atoms with Crippen LogP contribution in [0.5, 0.6) is 0 Å². The van der Waals surface area contributed by atoms with E-state index >= 15 is 0 Å². The summed E-state index contributed by atoms with van der Waals surface area (Å²) < 4.78 is 1.88. The Balaban J connectivity index is 2.13. The maximum absolute atomic E-state index is 4.29. The molecule has 1 fully saturated rings. The Morgan fingerprint density at radius 3 is 2.64 bits per heavy atom. The van der Waals surface area contributed by atoms with Gasteiger partial charge in [0.05, 0.1) is 0 Å². The van der Waals surface area contributed by atoms with Gasteiger partial charge in [-0.2, -0.15) is 5.10 Å². The fourth-order valence-electron chi connectivity index (χ4n) is 1.98. The first-order valence-corrected chi connectivity index (χ1v) is 5.18. The molecule has 0 bridgehead atoms. The van der Waals surface area contributed by atoms with Gasteiger partial charge in [-0.25, -0.2) is 4.98 Å². The third-order valence-electron chi connectivity index (χ3n) is 3.49. The molecule has 4 heteroatoms. The van der Waals surface area contributed by atoms with Crippen LogP contribution in [-0.4, -0.2) is 27.9 Å². The summed E-state index contributed by atoms with van der Waals surface area (Å²) in [6.45, 7) is 6.80. The first kappa shape index (κ1) is 9.65. The van der Waals surface area contributed by atoms with Crippen molar-refractivity contribution in [2.45, 2.75) is 20.3 Å². The summed E-state index contributed by atoms with van der Waals surface area (Å²) in [5, 5.41) is 7.46. The monoisotopic (exact) mass is 194 g/mol. The zero-order valence-electron chi connectivity index (χ0n) is 9.12. The largest absolute Gasteiger partial charge is 0.315 e. The Kier molecular flexibility index (Phi) is 2.31. The Bertz CT molecular complexity index is 312. The minimum Gasteiger partial charge on any atom is -0.315 e. The molecule has 1 N–H and O–H groups in total. The number of nitrogens with zero attached hydrogens (tertiary/aromatic N) is 3. The maximum atomic E-state index is 4.29. The Morgan fingerprint density at radius 2 is 2.29 bits per heavy atom. The number of hydrogen-bond acceptors (Lipinski definition) is 3. The van der Waals surface area contributed by atoms with Gasteiger partial charge in [-0.15, -0.1) is 0 Å². The van der Waals surface area contributed by atoms with Crippen LogP contribution >= 0.6 is 0 Å². The molecule has 0 saturated carbocycles. The molecular formula is C10H18N4. The van der Waals surface area contributed by atoms with Crippen molar-refractivity contribution in [3.8, 4) is 0 Å². The predicted molar refractivity (Wildman–Crippen MR) is 54.8 cm³/mol. The fraction of sp³-hybridized carbons (Fsp3) is 0.800. The highest BCUT2D eigenvalue weighted by molar-refractivity contribution is 5.02. The first-order valence-electron chi connectivity index (χ1n) is 5.18. The van der Waals surface area contributed by atoms with Crippen LogP contribution in [0.4, 0.5) is 0 Å². The van der Waals surface area contributed by atoms with Gasteiger partial charge in [0, 0.05) is 32.0 Å². The molecule has 2 rings (SSSR count). The maximum Gasteiger partial charge on any atom is 0.138 e. The molecule has 2 heterocycles. The van der Waals surface area contributed by atoms with Crippen molar-refractivity contribution in [2.24, 2.45) is 18.4 Å². The number of aryl methyl sites for hydroxylation is 1. The lowest BCUT2D eigenvalue weighted by Gasteiger charge is -2.46. The third-order valence-corrected chi connectivity index (χ3v) is 3.49. The van der Waals surface area contributed by atoms with Gasteiger partial charge in [0.15, 0.2) is 0 Å².